The van der Waals surface area contributed by atoms with Crippen LogP contribution in [0, 0.1) is 0 Å². The Kier molecular flexibility index (Phi) is 3.28. The van der Waals surface area contributed by atoms with Gasteiger partial charge in [0.05, 0.1) is 0 Å². The largest absolute Gasteiger partial charge is 0.457 e. The van der Waals surface area contributed by atoms with Crippen LogP contribution in [0.2, 0.25) is 5.02 Å². The van der Waals surface area contributed by atoms with Crippen molar-refractivity contribution < 1.29 is 4.74 Å². The Morgan fingerprint density at radius 1 is 1.00 bits per heavy atom. The summed E-state index contributed by atoms with van der Waals surface area (Å²) >= 11 is 5.80. The second-order valence-corrected chi connectivity index (χ2v) is 3.73. The second kappa shape index (κ2) is 4.86. The Hall–Kier alpha value is -1.73. The molecule has 1 nitrogen and oxygen atoms in total. The van der Waals surface area contributed by atoms with E-state index in [1.807, 2.05) is 36.4 Å². The van der Waals surface area contributed by atoms with Crippen molar-refractivity contribution in [3.63, 3.8) is 0 Å². The molecule has 80 valence electrons. The molecular formula is C14H11ClO. The van der Waals surface area contributed by atoms with Crippen molar-refractivity contribution in [3.05, 3.63) is 65.7 Å². The molecule has 0 unspecified atom stereocenters. The molecule has 0 fully saturated rings. The van der Waals surface area contributed by atoms with Gasteiger partial charge in [0.15, 0.2) is 0 Å². The van der Waals surface area contributed by atoms with Gasteiger partial charge < -0.3 is 4.74 Å². The number of para-hydroxylation sites is 1. The molecule has 0 bridgehead atoms. The Bertz CT molecular complexity index is 488. The van der Waals surface area contributed by atoms with Gasteiger partial charge in [-0.1, -0.05) is 42.5 Å². The van der Waals surface area contributed by atoms with E-state index in [1.165, 1.54) is 0 Å². The number of rotatable bonds is 3. The summed E-state index contributed by atoms with van der Waals surface area (Å²) in [5.74, 6) is 1.55. The van der Waals surface area contributed by atoms with Crippen LogP contribution in [0.4, 0.5) is 0 Å². The summed E-state index contributed by atoms with van der Waals surface area (Å²) in [4.78, 5) is 0. The summed E-state index contributed by atoms with van der Waals surface area (Å²) in [6.45, 7) is 3.75. The number of hydrogen-bond donors (Lipinski definition) is 0. The van der Waals surface area contributed by atoms with Crippen LogP contribution in [0.1, 0.15) is 5.56 Å². The lowest BCUT2D eigenvalue weighted by molar-refractivity contribution is 0.481. The molecule has 0 aromatic heterocycles. The van der Waals surface area contributed by atoms with Crippen molar-refractivity contribution in [2.45, 2.75) is 0 Å². The maximum absolute atomic E-state index is 5.80. The van der Waals surface area contributed by atoms with Crippen molar-refractivity contribution in [3.8, 4) is 11.5 Å². The maximum Gasteiger partial charge on any atom is 0.134 e. The van der Waals surface area contributed by atoms with E-state index in [-0.39, 0.29) is 0 Å². The smallest absolute Gasteiger partial charge is 0.134 e. The van der Waals surface area contributed by atoms with Gasteiger partial charge in [-0.15, -0.1) is 0 Å². The highest BCUT2D eigenvalue weighted by Gasteiger charge is 2.00. The lowest BCUT2D eigenvalue weighted by Crippen LogP contribution is -1.86. The summed E-state index contributed by atoms with van der Waals surface area (Å²) in [5, 5.41) is 0.698. The lowest BCUT2D eigenvalue weighted by Gasteiger charge is -2.08. The molecule has 0 saturated carbocycles. The van der Waals surface area contributed by atoms with Crippen molar-refractivity contribution >= 4 is 17.7 Å². The molecule has 16 heavy (non-hydrogen) atoms. The van der Waals surface area contributed by atoms with Gasteiger partial charge in [-0.2, -0.15) is 0 Å². The third-order valence-electron chi connectivity index (χ3n) is 2.18. The normalized spacial score (nSPS) is 9.81. The predicted molar refractivity (Wildman–Crippen MR) is 68.1 cm³/mol. The molecule has 0 aliphatic carbocycles. The molecule has 0 aliphatic rings. The Morgan fingerprint density at radius 2 is 1.69 bits per heavy atom. The molecule has 0 atom stereocenters. The molecule has 0 saturated heterocycles. The fraction of sp³-hybridized carbons (Fsp3) is 0. The van der Waals surface area contributed by atoms with Crippen LogP contribution in [0.3, 0.4) is 0 Å². The van der Waals surface area contributed by atoms with Crippen molar-refractivity contribution in [1.29, 1.82) is 0 Å². The molecule has 0 amide bonds. The molecule has 0 aliphatic heterocycles. The van der Waals surface area contributed by atoms with E-state index in [1.54, 1.807) is 18.2 Å². The molecule has 0 N–H and O–H groups in total. The summed E-state index contributed by atoms with van der Waals surface area (Å²) in [6.07, 6.45) is 1.77. The average Bonchev–Trinajstić information content (AvgIpc) is 2.33. The van der Waals surface area contributed by atoms with Gasteiger partial charge >= 0.3 is 0 Å². The van der Waals surface area contributed by atoms with Crippen molar-refractivity contribution in [1.82, 2.24) is 0 Å². The molecule has 2 heteroatoms. The van der Waals surface area contributed by atoms with Crippen LogP contribution in [0.25, 0.3) is 6.08 Å². The van der Waals surface area contributed by atoms with Gasteiger partial charge in [0, 0.05) is 10.6 Å². The summed E-state index contributed by atoms with van der Waals surface area (Å²) in [6, 6.07) is 15.0. The van der Waals surface area contributed by atoms with E-state index in [0.717, 1.165) is 17.1 Å². The zero-order valence-electron chi connectivity index (χ0n) is 8.69. The molecule has 2 rings (SSSR count). The van der Waals surface area contributed by atoms with Gasteiger partial charge in [0.2, 0.25) is 0 Å². The second-order valence-electron chi connectivity index (χ2n) is 3.30. The molecule has 2 aromatic rings. The predicted octanol–water partition coefficient (Wildman–Crippen LogP) is 4.78. The van der Waals surface area contributed by atoms with Gasteiger partial charge in [-0.3, -0.25) is 0 Å². The highest BCUT2D eigenvalue weighted by molar-refractivity contribution is 6.30. The van der Waals surface area contributed by atoms with Crippen LogP contribution in [-0.4, -0.2) is 0 Å². The van der Waals surface area contributed by atoms with Crippen LogP contribution in [0.15, 0.2) is 55.1 Å². The molecule has 0 spiro atoms. The minimum atomic E-state index is 0.698. The third-order valence-corrected chi connectivity index (χ3v) is 2.43. The highest BCUT2D eigenvalue weighted by atomic mass is 35.5. The minimum absolute atomic E-state index is 0.698. The number of halogens is 1. The van der Waals surface area contributed by atoms with Crippen LogP contribution in [0.5, 0.6) is 11.5 Å². The van der Waals surface area contributed by atoms with Gasteiger partial charge in [-0.05, 0) is 30.3 Å². The number of ether oxygens (including phenoxy) is 1. The molecule has 0 radical (unpaired) electrons. The monoisotopic (exact) mass is 230 g/mol. The zero-order chi connectivity index (χ0) is 11.4. The maximum atomic E-state index is 5.80. The van der Waals surface area contributed by atoms with Crippen molar-refractivity contribution in [2.75, 3.05) is 0 Å². The fourth-order valence-electron chi connectivity index (χ4n) is 1.37. The molecule has 0 heterocycles. The third kappa shape index (κ3) is 2.44. The first-order valence-electron chi connectivity index (χ1n) is 4.94. The quantitative estimate of drug-likeness (QED) is 0.738. The highest BCUT2D eigenvalue weighted by Crippen LogP contribution is 2.26. The SMILES string of the molecule is C=Cc1ccccc1Oc1ccc(Cl)cc1. The van der Waals surface area contributed by atoms with Gasteiger partial charge in [0.1, 0.15) is 11.5 Å². The first kappa shape index (κ1) is 10.8. The van der Waals surface area contributed by atoms with E-state index in [4.69, 9.17) is 16.3 Å². The van der Waals surface area contributed by atoms with E-state index >= 15 is 0 Å². The zero-order valence-corrected chi connectivity index (χ0v) is 9.45. The standard InChI is InChI=1S/C14H11ClO/c1-2-11-5-3-4-6-14(11)16-13-9-7-12(15)8-10-13/h2-10H,1H2. The summed E-state index contributed by atoms with van der Waals surface area (Å²) in [7, 11) is 0. The van der Waals surface area contributed by atoms with E-state index < -0.39 is 0 Å². The minimum Gasteiger partial charge on any atom is -0.457 e. The number of hydrogen-bond acceptors (Lipinski definition) is 1. The molecule has 2 aromatic carbocycles. The van der Waals surface area contributed by atoms with Crippen molar-refractivity contribution in [2.24, 2.45) is 0 Å². The summed E-state index contributed by atoms with van der Waals surface area (Å²) < 4.78 is 5.73. The molecular weight excluding hydrogens is 220 g/mol. The Balaban J connectivity index is 2.26. The van der Waals surface area contributed by atoms with Gasteiger partial charge in [0.25, 0.3) is 0 Å². The first-order chi connectivity index (χ1) is 7.79. The topological polar surface area (TPSA) is 9.23 Å². The van der Waals surface area contributed by atoms with Gasteiger partial charge in [-0.25, -0.2) is 0 Å². The van der Waals surface area contributed by atoms with E-state index in [0.29, 0.717) is 5.02 Å². The Morgan fingerprint density at radius 3 is 2.38 bits per heavy atom. The average molecular weight is 231 g/mol. The van der Waals surface area contributed by atoms with E-state index in [9.17, 15) is 0 Å². The fourth-order valence-corrected chi connectivity index (χ4v) is 1.50. The van der Waals surface area contributed by atoms with E-state index in [2.05, 4.69) is 6.58 Å². The first-order valence-corrected chi connectivity index (χ1v) is 5.32. The summed E-state index contributed by atoms with van der Waals surface area (Å²) in [5.41, 5.74) is 0.970. The Labute approximate surface area is 99.9 Å². The van der Waals surface area contributed by atoms with Crippen LogP contribution < -0.4 is 4.74 Å². The lowest BCUT2D eigenvalue weighted by atomic mass is 10.2. The van der Waals surface area contributed by atoms with Crippen LogP contribution in [-0.2, 0) is 0 Å². The van der Waals surface area contributed by atoms with Crippen LogP contribution >= 0.6 is 11.6 Å². The number of benzene rings is 2.